The van der Waals surface area contributed by atoms with Crippen molar-refractivity contribution in [3.8, 4) is 5.75 Å². The van der Waals surface area contributed by atoms with E-state index in [1.54, 1.807) is 6.07 Å². The maximum absolute atomic E-state index is 10.9. The minimum absolute atomic E-state index is 0.176. The molecule has 1 aromatic rings. The van der Waals surface area contributed by atoms with Gasteiger partial charge in [-0.05, 0) is 18.2 Å². The van der Waals surface area contributed by atoms with E-state index in [0.29, 0.717) is 5.75 Å². The average molecular weight is 238 g/mol. The predicted octanol–water partition coefficient (Wildman–Crippen LogP) is 2.73. The van der Waals surface area contributed by atoms with E-state index in [2.05, 4.69) is 12.6 Å². The van der Waals surface area contributed by atoms with Crippen molar-refractivity contribution in [2.75, 3.05) is 12.9 Å². The maximum atomic E-state index is 10.9. The number of para-hydroxylation sites is 1. The first-order valence-electron chi connectivity index (χ1n) is 4.88. The van der Waals surface area contributed by atoms with Gasteiger partial charge in [-0.2, -0.15) is 12.6 Å². The number of benzene rings is 1. The number of carboxylic acid groups (broad SMARTS) is 1. The van der Waals surface area contributed by atoms with Gasteiger partial charge >= 0.3 is 5.97 Å². The fourth-order valence-corrected chi connectivity index (χ4v) is 1.52. The number of methoxy groups -OCH3 is 1. The largest absolute Gasteiger partial charge is 0.495 e. The molecule has 0 fully saturated rings. The zero-order chi connectivity index (χ0) is 12.0. The summed E-state index contributed by atoms with van der Waals surface area (Å²) < 4.78 is 5.12. The highest BCUT2D eigenvalue weighted by Gasteiger charge is 2.12. The molecule has 3 nitrogen and oxygen atoms in total. The second kappa shape index (κ2) is 6.23. The molecule has 0 heterocycles. The highest BCUT2D eigenvalue weighted by atomic mass is 32.1. The topological polar surface area (TPSA) is 46.5 Å². The van der Waals surface area contributed by atoms with Crippen molar-refractivity contribution < 1.29 is 14.6 Å². The molecule has 1 N–H and O–H groups in total. The molecule has 1 rings (SSSR count). The van der Waals surface area contributed by atoms with Crippen LogP contribution in [-0.4, -0.2) is 23.9 Å². The van der Waals surface area contributed by atoms with Gasteiger partial charge in [0.25, 0.3) is 0 Å². The van der Waals surface area contributed by atoms with Gasteiger partial charge in [-0.15, -0.1) is 0 Å². The van der Waals surface area contributed by atoms with Crippen LogP contribution in [0.4, 0.5) is 0 Å². The minimum Gasteiger partial charge on any atom is -0.495 e. The monoisotopic (exact) mass is 238 g/mol. The Morgan fingerprint density at radius 3 is 2.88 bits per heavy atom. The third kappa shape index (κ3) is 3.03. The Labute approximate surface area is 100 Å². The van der Waals surface area contributed by atoms with Crippen LogP contribution >= 0.6 is 12.6 Å². The molecule has 0 aliphatic rings. The van der Waals surface area contributed by atoms with Crippen LogP contribution < -0.4 is 4.74 Å². The van der Waals surface area contributed by atoms with Gasteiger partial charge in [0.05, 0.1) is 7.11 Å². The highest BCUT2D eigenvalue weighted by Crippen LogP contribution is 2.25. The second-order valence-electron chi connectivity index (χ2n) is 3.15. The number of carboxylic acids is 1. The Hall–Kier alpha value is -1.42. The number of aromatic carboxylic acids is 1. The van der Waals surface area contributed by atoms with Gasteiger partial charge in [0.1, 0.15) is 11.3 Å². The normalized spacial score (nSPS) is 10.6. The van der Waals surface area contributed by atoms with Crippen LogP contribution in [0.3, 0.4) is 0 Å². The molecule has 1 aromatic carbocycles. The van der Waals surface area contributed by atoms with E-state index in [-0.39, 0.29) is 5.56 Å². The number of hydrogen-bond acceptors (Lipinski definition) is 3. The van der Waals surface area contributed by atoms with Crippen molar-refractivity contribution in [2.24, 2.45) is 0 Å². The molecule has 0 saturated carbocycles. The second-order valence-corrected chi connectivity index (χ2v) is 3.60. The Morgan fingerprint density at radius 1 is 1.56 bits per heavy atom. The van der Waals surface area contributed by atoms with Crippen molar-refractivity contribution in [3.05, 3.63) is 35.4 Å². The van der Waals surface area contributed by atoms with Crippen LogP contribution in [-0.2, 0) is 0 Å². The smallest absolute Gasteiger partial charge is 0.339 e. The van der Waals surface area contributed by atoms with E-state index in [1.165, 1.54) is 13.2 Å². The lowest BCUT2D eigenvalue weighted by Crippen LogP contribution is -2.01. The van der Waals surface area contributed by atoms with Crippen LogP contribution in [0, 0.1) is 0 Å². The van der Waals surface area contributed by atoms with E-state index < -0.39 is 5.97 Å². The maximum Gasteiger partial charge on any atom is 0.339 e. The quantitative estimate of drug-likeness (QED) is 0.775. The summed E-state index contributed by atoms with van der Waals surface area (Å²) in [5.74, 6) is 0.170. The first-order valence-corrected chi connectivity index (χ1v) is 5.51. The summed E-state index contributed by atoms with van der Waals surface area (Å²) in [6.07, 6.45) is 4.63. The molecule has 0 saturated heterocycles. The summed E-state index contributed by atoms with van der Waals surface area (Å²) in [6.45, 7) is 0. The summed E-state index contributed by atoms with van der Waals surface area (Å²) in [7, 11) is 1.47. The molecular formula is C12H14O3S. The predicted molar refractivity (Wildman–Crippen MR) is 67.5 cm³/mol. The van der Waals surface area contributed by atoms with Gasteiger partial charge in [-0.1, -0.05) is 24.3 Å². The zero-order valence-electron chi connectivity index (χ0n) is 9.01. The highest BCUT2D eigenvalue weighted by molar-refractivity contribution is 7.80. The fourth-order valence-electron chi connectivity index (χ4n) is 1.37. The zero-order valence-corrected chi connectivity index (χ0v) is 9.91. The van der Waals surface area contributed by atoms with Crippen molar-refractivity contribution in [1.82, 2.24) is 0 Å². The first kappa shape index (κ1) is 12.6. The van der Waals surface area contributed by atoms with Gasteiger partial charge in [-0.25, -0.2) is 4.79 Å². The van der Waals surface area contributed by atoms with Crippen LogP contribution in [0.25, 0.3) is 6.08 Å². The third-order valence-corrected chi connectivity index (χ3v) is 2.33. The molecule has 0 amide bonds. The summed E-state index contributed by atoms with van der Waals surface area (Å²) in [6, 6.07) is 5.05. The van der Waals surface area contributed by atoms with Crippen molar-refractivity contribution in [2.45, 2.75) is 6.42 Å². The van der Waals surface area contributed by atoms with E-state index in [0.717, 1.165) is 17.7 Å². The van der Waals surface area contributed by atoms with Crippen LogP contribution in [0.2, 0.25) is 0 Å². The Morgan fingerprint density at radius 2 is 2.31 bits per heavy atom. The summed E-state index contributed by atoms with van der Waals surface area (Å²) in [5, 5.41) is 8.98. The van der Waals surface area contributed by atoms with Crippen molar-refractivity contribution in [3.63, 3.8) is 0 Å². The summed E-state index contributed by atoms with van der Waals surface area (Å²) >= 11 is 4.09. The molecule has 0 radical (unpaired) electrons. The molecular weight excluding hydrogens is 224 g/mol. The molecule has 0 unspecified atom stereocenters. The average Bonchev–Trinajstić information content (AvgIpc) is 2.29. The van der Waals surface area contributed by atoms with E-state index in [9.17, 15) is 4.79 Å². The molecule has 86 valence electrons. The lowest BCUT2D eigenvalue weighted by atomic mass is 10.1. The molecule has 0 aliphatic heterocycles. The Balaban J connectivity index is 3.09. The number of carbonyl (C=O) groups is 1. The minimum atomic E-state index is -0.985. The summed E-state index contributed by atoms with van der Waals surface area (Å²) in [4.78, 5) is 10.9. The van der Waals surface area contributed by atoms with Crippen LogP contribution in [0.5, 0.6) is 5.75 Å². The van der Waals surface area contributed by atoms with Gasteiger partial charge < -0.3 is 9.84 Å². The standard InChI is InChI=1S/C12H14O3S/c1-15-11-9(5-2-3-8-16)6-4-7-10(11)12(13)14/h2,4-7,16H,3,8H2,1H3,(H,13,14). The number of rotatable bonds is 5. The molecule has 0 bridgehead atoms. The van der Waals surface area contributed by atoms with E-state index in [1.807, 2.05) is 18.2 Å². The fraction of sp³-hybridized carbons (Fsp3) is 0.250. The summed E-state index contributed by atoms with van der Waals surface area (Å²) in [5.41, 5.74) is 0.944. The Bertz CT molecular complexity index is 399. The number of hydrogen-bond donors (Lipinski definition) is 2. The molecule has 0 aliphatic carbocycles. The molecule has 0 spiro atoms. The molecule has 0 atom stereocenters. The lowest BCUT2D eigenvalue weighted by Gasteiger charge is -2.07. The van der Waals surface area contributed by atoms with Crippen LogP contribution in [0.1, 0.15) is 22.3 Å². The van der Waals surface area contributed by atoms with Gasteiger partial charge in [0, 0.05) is 5.56 Å². The molecule has 16 heavy (non-hydrogen) atoms. The van der Waals surface area contributed by atoms with Gasteiger partial charge in [0.15, 0.2) is 0 Å². The van der Waals surface area contributed by atoms with E-state index >= 15 is 0 Å². The van der Waals surface area contributed by atoms with Gasteiger partial charge in [0.2, 0.25) is 0 Å². The number of allylic oxidation sites excluding steroid dienone is 1. The Kier molecular flexibility index (Phi) is 4.92. The number of thiol groups is 1. The molecule has 4 heteroatoms. The van der Waals surface area contributed by atoms with E-state index in [4.69, 9.17) is 9.84 Å². The first-order chi connectivity index (χ1) is 7.70. The van der Waals surface area contributed by atoms with Gasteiger partial charge in [-0.3, -0.25) is 0 Å². The lowest BCUT2D eigenvalue weighted by molar-refractivity contribution is 0.0693. The SMILES string of the molecule is COc1c(C=CCCS)cccc1C(=O)O. The molecule has 0 aromatic heterocycles. The third-order valence-electron chi connectivity index (χ3n) is 2.07. The number of ether oxygens (including phenoxy) is 1. The van der Waals surface area contributed by atoms with Crippen molar-refractivity contribution >= 4 is 24.7 Å². The van der Waals surface area contributed by atoms with Crippen molar-refractivity contribution in [1.29, 1.82) is 0 Å². The van der Waals surface area contributed by atoms with Crippen LogP contribution in [0.15, 0.2) is 24.3 Å².